The minimum atomic E-state index is -3.64. The van der Waals surface area contributed by atoms with Gasteiger partial charge in [-0.05, 0) is 38.4 Å². The van der Waals surface area contributed by atoms with Crippen molar-refractivity contribution in [1.82, 2.24) is 9.62 Å². The molecule has 1 aliphatic heterocycles. The normalized spacial score (nSPS) is 16.3. The predicted molar refractivity (Wildman–Crippen MR) is 105 cm³/mol. The first-order chi connectivity index (χ1) is 12.9. The second kappa shape index (κ2) is 8.17. The van der Waals surface area contributed by atoms with E-state index in [1.165, 1.54) is 6.07 Å². The second-order valence-corrected chi connectivity index (χ2v) is 9.04. The van der Waals surface area contributed by atoms with Crippen LogP contribution >= 0.6 is 11.8 Å². The zero-order chi connectivity index (χ0) is 19.4. The van der Waals surface area contributed by atoms with Gasteiger partial charge in [-0.3, -0.25) is 9.71 Å². The van der Waals surface area contributed by atoms with Gasteiger partial charge in [-0.15, -0.1) is 0 Å². The smallest absolute Gasteiger partial charge is 0.263 e. The maximum Gasteiger partial charge on any atom is 0.263 e. The third-order valence-corrected chi connectivity index (χ3v) is 6.18. The third-order valence-electron chi connectivity index (χ3n) is 3.84. The molecule has 0 amide bonds. The molecule has 1 aliphatic rings. The van der Waals surface area contributed by atoms with E-state index in [4.69, 9.17) is 4.42 Å². The van der Waals surface area contributed by atoms with Gasteiger partial charge in [-0.2, -0.15) is 17.0 Å². The van der Waals surface area contributed by atoms with Crippen LogP contribution in [-0.2, 0) is 22.3 Å². The molecule has 0 radical (unpaired) electrons. The fourth-order valence-electron chi connectivity index (χ4n) is 2.73. The van der Waals surface area contributed by atoms with Crippen LogP contribution in [0.2, 0.25) is 0 Å². The summed E-state index contributed by atoms with van der Waals surface area (Å²) in [5.41, 5.74) is 0.667. The van der Waals surface area contributed by atoms with Crippen molar-refractivity contribution in [2.75, 3.05) is 26.4 Å². The van der Waals surface area contributed by atoms with Crippen LogP contribution in [0.25, 0.3) is 0 Å². The molecule has 27 heavy (non-hydrogen) atoms. The number of nitrogens with one attached hydrogen (secondary N) is 1. The lowest BCUT2D eigenvalue weighted by Crippen LogP contribution is -2.22. The van der Waals surface area contributed by atoms with Crippen molar-refractivity contribution < 1.29 is 12.8 Å². The molecule has 0 spiro atoms. The van der Waals surface area contributed by atoms with Crippen molar-refractivity contribution in [1.29, 1.82) is 5.26 Å². The Bertz CT molecular complexity index is 1000. The number of nitriles is 1. The van der Waals surface area contributed by atoms with E-state index in [1.54, 1.807) is 23.9 Å². The lowest BCUT2D eigenvalue weighted by Gasteiger charge is -2.05. The molecule has 0 saturated heterocycles. The molecule has 1 aromatic carbocycles. The topological polar surface area (TPSA) is 98.7 Å². The molecule has 2 aromatic rings. The van der Waals surface area contributed by atoms with Crippen LogP contribution in [0.4, 0.5) is 0 Å². The Morgan fingerprint density at radius 1 is 1.26 bits per heavy atom. The van der Waals surface area contributed by atoms with Crippen LogP contribution < -0.4 is 4.72 Å². The van der Waals surface area contributed by atoms with Gasteiger partial charge in [0.05, 0.1) is 40.9 Å². The summed E-state index contributed by atoms with van der Waals surface area (Å²) >= 11 is 1.66. The van der Waals surface area contributed by atoms with E-state index in [1.807, 2.05) is 37.2 Å². The Labute approximate surface area is 163 Å². The lowest BCUT2D eigenvalue weighted by molar-refractivity contribution is 0.344. The molecule has 142 valence electrons. The molecule has 3 rings (SSSR count). The maximum atomic E-state index is 12.2. The van der Waals surface area contributed by atoms with Gasteiger partial charge >= 0.3 is 0 Å². The number of nitrogens with zero attached hydrogens (tertiary/aromatic N) is 3. The SMILES string of the molecule is CN(C)Cc1ccc(CSCCN=C2NS(=O)(=O)c3cccc(C#N)c32)o1. The number of hydrogen-bond donors (Lipinski definition) is 1. The molecule has 9 heteroatoms. The van der Waals surface area contributed by atoms with Crippen LogP contribution in [0, 0.1) is 11.3 Å². The first kappa shape index (κ1) is 19.5. The largest absolute Gasteiger partial charge is 0.464 e. The molecule has 0 unspecified atom stereocenters. The van der Waals surface area contributed by atoms with Crippen molar-refractivity contribution in [3.63, 3.8) is 0 Å². The first-order valence-corrected chi connectivity index (χ1v) is 11.0. The highest BCUT2D eigenvalue weighted by Crippen LogP contribution is 2.26. The molecule has 1 N–H and O–H groups in total. The number of rotatable bonds is 7. The highest BCUT2D eigenvalue weighted by atomic mass is 32.2. The van der Waals surface area contributed by atoms with E-state index in [-0.39, 0.29) is 10.7 Å². The Balaban J connectivity index is 1.59. The molecule has 2 heterocycles. The average molecular weight is 405 g/mol. The number of thioether (sulfide) groups is 1. The van der Waals surface area contributed by atoms with E-state index < -0.39 is 10.0 Å². The number of aliphatic imine (C=N–C) groups is 1. The number of hydrogen-bond acceptors (Lipinski definition) is 7. The third kappa shape index (κ3) is 4.53. The summed E-state index contributed by atoms with van der Waals surface area (Å²) in [5, 5.41) is 9.24. The fourth-order valence-corrected chi connectivity index (χ4v) is 4.71. The van der Waals surface area contributed by atoms with Crippen molar-refractivity contribution in [3.8, 4) is 6.07 Å². The van der Waals surface area contributed by atoms with Gasteiger partial charge in [-0.25, -0.2) is 8.42 Å². The molecular formula is C18H20N4O3S2. The van der Waals surface area contributed by atoms with Gasteiger partial charge in [0.1, 0.15) is 17.4 Å². The summed E-state index contributed by atoms with van der Waals surface area (Å²) in [7, 11) is 0.341. The van der Waals surface area contributed by atoms with E-state index in [0.29, 0.717) is 23.4 Å². The summed E-state index contributed by atoms with van der Waals surface area (Å²) in [6.45, 7) is 1.20. The summed E-state index contributed by atoms with van der Waals surface area (Å²) in [5.74, 6) is 3.51. The molecular weight excluding hydrogens is 384 g/mol. The standard InChI is InChI=1S/C18H20N4O3S2/c1-22(2)11-14-6-7-15(25-14)12-26-9-8-20-18-17-13(10-19)4-3-5-16(17)27(23,24)21-18/h3-7H,8-9,11-12H2,1-2H3,(H,20,21). The molecule has 1 aromatic heterocycles. The molecule has 0 atom stereocenters. The van der Waals surface area contributed by atoms with E-state index in [0.717, 1.165) is 23.8 Å². The number of sulfonamides is 1. The van der Waals surface area contributed by atoms with E-state index in [9.17, 15) is 13.7 Å². The van der Waals surface area contributed by atoms with Crippen molar-refractivity contribution in [3.05, 3.63) is 53.0 Å². The van der Waals surface area contributed by atoms with Crippen molar-refractivity contribution >= 4 is 27.6 Å². The van der Waals surface area contributed by atoms with Crippen molar-refractivity contribution in [2.45, 2.75) is 17.2 Å². The highest BCUT2D eigenvalue weighted by Gasteiger charge is 2.32. The lowest BCUT2D eigenvalue weighted by atomic mass is 10.1. The minimum absolute atomic E-state index is 0.108. The summed E-state index contributed by atoms with van der Waals surface area (Å²) < 4.78 is 32.5. The monoisotopic (exact) mass is 404 g/mol. The molecule has 7 nitrogen and oxygen atoms in total. The number of fused-ring (bicyclic) bond motifs is 1. The zero-order valence-electron chi connectivity index (χ0n) is 15.1. The van der Waals surface area contributed by atoms with Gasteiger partial charge in [0.15, 0.2) is 0 Å². The Hall–Kier alpha value is -2.28. The van der Waals surface area contributed by atoms with Crippen LogP contribution in [0.3, 0.4) is 0 Å². The van der Waals surface area contributed by atoms with Gasteiger partial charge in [0.25, 0.3) is 10.0 Å². The summed E-state index contributed by atoms with van der Waals surface area (Å²) in [6, 6.07) is 10.6. The van der Waals surface area contributed by atoms with Gasteiger partial charge < -0.3 is 9.32 Å². The molecule has 0 saturated carbocycles. The van der Waals surface area contributed by atoms with Crippen molar-refractivity contribution in [2.24, 2.45) is 4.99 Å². The predicted octanol–water partition coefficient (Wildman–Crippen LogP) is 2.18. The zero-order valence-corrected chi connectivity index (χ0v) is 16.7. The second-order valence-electron chi connectivity index (χ2n) is 6.28. The molecule has 0 aliphatic carbocycles. The molecule has 0 bridgehead atoms. The van der Waals surface area contributed by atoms with Gasteiger partial charge in [0, 0.05) is 5.75 Å². The Kier molecular flexibility index (Phi) is 5.89. The maximum absolute atomic E-state index is 12.2. The number of furan rings is 1. The van der Waals surface area contributed by atoms with Crippen LogP contribution in [-0.4, -0.2) is 45.5 Å². The highest BCUT2D eigenvalue weighted by molar-refractivity contribution is 7.98. The number of amidine groups is 1. The number of benzene rings is 1. The quantitative estimate of drug-likeness (QED) is 0.710. The Morgan fingerprint density at radius 2 is 2.04 bits per heavy atom. The summed E-state index contributed by atoms with van der Waals surface area (Å²) in [6.07, 6.45) is 0. The van der Waals surface area contributed by atoms with Crippen LogP contribution in [0.1, 0.15) is 22.6 Å². The summed E-state index contributed by atoms with van der Waals surface area (Å²) in [4.78, 5) is 6.51. The first-order valence-electron chi connectivity index (χ1n) is 8.31. The fraction of sp³-hybridized carbons (Fsp3) is 0.333. The average Bonchev–Trinajstić information content (AvgIpc) is 3.16. The van der Waals surface area contributed by atoms with E-state index in [2.05, 4.69) is 9.71 Å². The minimum Gasteiger partial charge on any atom is -0.464 e. The molecule has 0 fully saturated rings. The van der Waals surface area contributed by atoms with Gasteiger partial charge in [0.2, 0.25) is 0 Å². The van der Waals surface area contributed by atoms with Crippen LogP contribution in [0.15, 0.2) is 44.6 Å². The van der Waals surface area contributed by atoms with Crippen LogP contribution in [0.5, 0.6) is 0 Å². The Morgan fingerprint density at radius 3 is 2.78 bits per heavy atom. The van der Waals surface area contributed by atoms with E-state index >= 15 is 0 Å². The van der Waals surface area contributed by atoms with Gasteiger partial charge in [-0.1, -0.05) is 6.07 Å².